The minimum atomic E-state index is -4.81. The summed E-state index contributed by atoms with van der Waals surface area (Å²) >= 11 is 0. The third-order valence-corrected chi connectivity index (χ3v) is 8.41. The van der Waals surface area contributed by atoms with Gasteiger partial charge in [-0.3, -0.25) is 4.90 Å². The van der Waals surface area contributed by atoms with Crippen molar-refractivity contribution in [3.8, 4) is 11.8 Å². The smallest absolute Gasteiger partial charge is 0.436 e. The molecule has 9 heteroatoms. The first-order valence-corrected chi connectivity index (χ1v) is 15.6. The second kappa shape index (κ2) is 10.5. The molecule has 0 aromatic heterocycles. The number of alkyl halides is 3. The molecule has 0 fully saturated rings. The summed E-state index contributed by atoms with van der Waals surface area (Å²) in [5, 5.41) is 9.46. The van der Waals surface area contributed by atoms with Crippen LogP contribution < -0.4 is 4.74 Å². The van der Waals surface area contributed by atoms with Crippen molar-refractivity contribution in [1.82, 2.24) is 4.90 Å². The van der Waals surface area contributed by atoms with Crippen LogP contribution in [0.3, 0.4) is 0 Å². The van der Waals surface area contributed by atoms with Crippen LogP contribution in [0.2, 0.25) is 25.7 Å². The molecular weight excluding hydrogens is 485 g/mol. The van der Waals surface area contributed by atoms with Gasteiger partial charge in [0, 0.05) is 28.3 Å². The Balaban J connectivity index is 2.19. The van der Waals surface area contributed by atoms with Crippen molar-refractivity contribution < 1.29 is 27.4 Å². The summed E-state index contributed by atoms with van der Waals surface area (Å²) in [4.78, 5) is 1.31. The van der Waals surface area contributed by atoms with Crippen LogP contribution in [0.1, 0.15) is 39.4 Å². The molecular formula is C27H35F3N2O3Si. The summed E-state index contributed by atoms with van der Waals surface area (Å²) in [6.45, 7) is 10.6. The van der Waals surface area contributed by atoms with Crippen LogP contribution in [-0.4, -0.2) is 46.6 Å². The maximum Gasteiger partial charge on any atom is 0.436 e. The number of halogens is 3. The van der Waals surface area contributed by atoms with Gasteiger partial charge in [0.05, 0.1) is 37.0 Å². The number of nitrogens with zero attached hydrogens (tertiary/aromatic N) is 2. The normalized spacial score (nSPS) is 18.0. The summed E-state index contributed by atoms with van der Waals surface area (Å²) in [6.07, 6.45) is -4.81. The van der Waals surface area contributed by atoms with Crippen LogP contribution in [0, 0.1) is 25.2 Å². The van der Waals surface area contributed by atoms with Gasteiger partial charge in [0.2, 0.25) is 5.72 Å². The molecule has 36 heavy (non-hydrogen) atoms. The highest BCUT2D eigenvalue weighted by Gasteiger charge is 2.65. The van der Waals surface area contributed by atoms with Crippen LogP contribution >= 0.6 is 0 Å². The average Bonchev–Trinajstić information content (AvgIpc) is 3.14. The number of aryl methyl sites for hydroxylation is 2. The first kappa shape index (κ1) is 28.2. The highest BCUT2D eigenvalue weighted by atomic mass is 28.3. The lowest BCUT2D eigenvalue weighted by Crippen LogP contribution is -2.57. The van der Waals surface area contributed by atoms with Gasteiger partial charge in [-0.15, -0.1) is 0 Å². The largest absolute Gasteiger partial charge is 0.496 e. The van der Waals surface area contributed by atoms with Crippen molar-refractivity contribution >= 4 is 8.07 Å². The van der Waals surface area contributed by atoms with Crippen LogP contribution in [0.15, 0.2) is 30.3 Å². The van der Waals surface area contributed by atoms with Gasteiger partial charge >= 0.3 is 6.18 Å². The molecule has 0 bridgehead atoms. The van der Waals surface area contributed by atoms with E-state index in [-0.39, 0.29) is 24.5 Å². The standard InChI is InChI=1S/C27H35F3N2O3Si/c1-18-12-19(2)25(24(13-18)33-3)26(34-4,27(28,29)30)32-16-21-9-8-20(15-31)14-22(21)23(32)17-35-10-11-36(5,6)7/h8-9,12-14,23H,10-11,16-17H2,1-7H3. The molecule has 0 radical (unpaired) electrons. The summed E-state index contributed by atoms with van der Waals surface area (Å²) in [7, 11) is 1.06. The number of hydrogen-bond acceptors (Lipinski definition) is 5. The lowest BCUT2D eigenvalue weighted by atomic mass is 9.91. The second-order valence-corrected chi connectivity index (χ2v) is 16.2. The Kier molecular flexibility index (Phi) is 8.25. The fraction of sp³-hybridized carbons (Fsp3) is 0.519. The number of fused-ring (bicyclic) bond motifs is 1. The van der Waals surface area contributed by atoms with E-state index in [9.17, 15) is 5.26 Å². The molecule has 0 amide bonds. The predicted molar refractivity (Wildman–Crippen MR) is 136 cm³/mol. The lowest BCUT2D eigenvalue weighted by molar-refractivity contribution is -0.344. The molecule has 0 aliphatic carbocycles. The van der Waals surface area contributed by atoms with Gasteiger partial charge in [-0.25, -0.2) is 0 Å². The molecule has 2 aromatic rings. The number of ether oxygens (including phenoxy) is 3. The molecule has 1 aliphatic rings. The summed E-state index contributed by atoms with van der Waals surface area (Å²) in [6, 6.07) is 10.5. The van der Waals surface area contributed by atoms with Gasteiger partial charge in [0.25, 0.3) is 0 Å². The number of benzene rings is 2. The first-order valence-electron chi connectivity index (χ1n) is 11.9. The molecule has 0 spiro atoms. The average molecular weight is 521 g/mol. The van der Waals surface area contributed by atoms with Crippen molar-refractivity contribution in [3.05, 3.63) is 63.7 Å². The van der Waals surface area contributed by atoms with Crippen LogP contribution in [0.5, 0.6) is 5.75 Å². The fourth-order valence-corrected chi connectivity index (χ4v) is 5.73. The Labute approximate surface area is 212 Å². The SMILES string of the molecule is COc1cc(C)cc(C)c1C(OC)(N1Cc2ccc(C#N)cc2C1COCC[Si](C)(C)C)C(F)(F)F. The van der Waals surface area contributed by atoms with E-state index in [0.29, 0.717) is 28.9 Å². The zero-order valence-electron chi connectivity index (χ0n) is 22.0. The Morgan fingerprint density at radius 2 is 1.81 bits per heavy atom. The molecule has 1 aliphatic heterocycles. The van der Waals surface area contributed by atoms with Crippen LogP contribution in [-0.2, 0) is 21.7 Å². The molecule has 3 rings (SSSR count). The summed E-state index contributed by atoms with van der Waals surface area (Å²) in [5.74, 6) is 0.110. The molecule has 2 aromatic carbocycles. The molecule has 0 saturated carbocycles. The van der Waals surface area contributed by atoms with Gasteiger partial charge in [0.1, 0.15) is 5.75 Å². The van der Waals surface area contributed by atoms with Gasteiger partial charge in [-0.1, -0.05) is 31.8 Å². The van der Waals surface area contributed by atoms with E-state index in [1.165, 1.54) is 12.0 Å². The van der Waals surface area contributed by atoms with E-state index in [1.54, 1.807) is 37.3 Å². The Morgan fingerprint density at radius 1 is 1.11 bits per heavy atom. The van der Waals surface area contributed by atoms with E-state index in [0.717, 1.165) is 18.7 Å². The Hall–Kier alpha value is -2.38. The zero-order chi connectivity index (χ0) is 26.9. The predicted octanol–water partition coefficient (Wildman–Crippen LogP) is 6.46. The van der Waals surface area contributed by atoms with Gasteiger partial charge in [-0.05, 0) is 60.3 Å². The highest BCUT2D eigenvalue weighted by molar-refractivity contribution is 6.76. The van der Waals surface area contributed by atoms with Gasteiger partial charge in [-0.2, -0.15) is 18.4 Å². The first-order chi connectivity index (χ1) is 16.8. The number of methoxy groups -OCH3 is 2. The molecule has 1 heterocycles. The number of hydrogen-bond donors (Lipinski definition) is 0. The minimum absolute atomic E-state index is 0.0209. The van der Waals surface area contributed by atoms with Crippen molar-refractivity contribution in [2.75, 3.05) is 27.4 Å². The summed E-state index contributed by atoms with van der Waals surface area (Å²) < 4.78 is 62.9. The van der Waals surface area contributed by atoms with Gasteiger partial charge in [0.15, 0.2) is 0 Å². The lowest BCUT2D eigenvalue weighted by Gasteiger charge is -2.45. The monoisotopic (exact) mass is 520 g/mol. The molecule has 0 N–H and O–H groups in total. The molecule has 2 unspecified atom stereocenters. The number of rotatable bonds is 9. The third-order valence-electron chi connectivity index (χ3n) is 6.71. The van der Waals surface area contributed by atoms with Crippen molar-refractivity contribution in [2.24, 2.45) is 0 Å². The van der Waals surface area contributed by atoms with E-state index < -0.39 is 26.0 Å². The van der Waals surface area contributed by atoms with E-state index >= 15 is 13.2 Å². The van der Waals surface area contributed by atoms with Crippen molar-refractivity contribution in [3.63, 3.8) is 0 Å². The van der Waals surface area contributed by atoms with E-state index in [1.807, 2.05) is 6.92 Å². The molecule has 0 saturated heterocycles. The van der Waals surface area contributed by atoms with E-state index in [4.69, 9.17) is 14.2 Å². The maximum absolute atomic E-state index is 15.3. The van der Waals surface area contributed by atoms with Crippen molar-refractivity contribution in [2.45, 2.75) is 64.0 Å². The quantitative estimate of drug-likeness (QED) is 0.281. The molecule has 2 atom stereocenters. The van der Waals surface area contributed by atoms with Crippen LogP contribution in [0.4, 0.5) is 13.2 Å². The Bertz CT molecular complexity index is 1140. The number of nitriles is 1. The third kappa shape index (κ3) is 5.32. The molecule has 196 valence electrons. The van der Waals surface area contributed by atoms with Crippen molar-refractivity contribution in [1.29, 1.82) is 5.26 Å². The fourth-order valence-electron chi connectivity index (χ4n) is 4.97. The van der Waals surface area contributed by atoms with Crippen LogP contribution in [0.25, 0.3) is 0 Å². The summed E-state index contributed by atoms with van der Waals surface area (Å²) in [5.41, 5.74) is 0.0776. The molecule has 5 nitrogen and oxygen atoms in total. The topological polar surface area (TPSA) is 54.7 Å². The zero-order valence-corrected chi connectivity index (χ0v) is 23.0. The van der Waals surface area contributed by atoms with E-state index in [2.05, 4.69) is 25.7 Å². The minimum Gasteiger partial charge on any atom is -0.496 e. The second-order valence-electron chi connectivity index (χ2n) is 10.6. The van der Waals surface area contributed by atoms with Gasteiger partial charge < -0.3 is 14.2 Å². The maximum atomic E-state index is 15.3. The highest BCUT2D eigenvalue weighted by Crippen LogP contribution is 2.54. The Morgan fingerprint density at radius 3 is 2.36 bits per heavy atom.